The predicted molar refractivity (Wildman–Crippen MR) is 189 cm³/mol. The summed E-state index contributed by atoms with van der Waals surface area (Å²) in [5.41, 5.74) is 6.43. The Morgan fingerprint density at radius 1 is 0.484 bits per heavy atom. The fourth-order valence-electron chi connectivity index (χ4n) is 4.86. The molecule has 0 fully saturated rings. The first kappa shape index (κ1) is 64.1. The summed E-state index contributed by atoms with van der Waals surface area (Å²) < 4.78 is 67.9. The molecule has 5 rings (SSSR count). The van der Waals surface area contributed by atoms with E-state index in [1.165, 1.54) is 20.8 Å². The van der Waals surface area contributed by atoms with Gasteiger partial charge < -0.3 is 10.6 Å². The predicted octanol–water partition coefficient (Wildman–Crippen LogP) is -3.05. The zero-order valence-electron chi connectivity index (χ0n) is 34.5. The van der Waals surface area contributed by atoms with E-state index in [0.717, 1.165) is 39.5 Å². The number of nitriles is 3. The zero-order valence-corrected chi connectivity index (χ0v) is 41.9. The van der Waals surface area contributed by atoms with Crippen LogP contribution in [0.5, 0.6) is 5.75 Å². The third kappa shape index (κ3) is 36.2. The van der Waals surface area contributed by atoms with Crippen LogP contribution in [-0.2, 0) is 78.2 Å². The van der Waals surface area contributed by atoms with Crippen LogP contribution in [0.25, 0.3) is 0 Å². The average Bonchev–Trinajstić information content (AvgIpc) is 3.15. The second-order valence-corrected chi connectivity index (χ2v) is 12.9. The van der Waals surface area contributed by atoms with Crippen molar-refractivity contribution in [2.45, 2.75) is 67.0 Å². The minimum atomic E-state index is -4.94. The summed E-state index contributed by atoms with van der Waals surface area (Å²) >= 11 is 0. The topological polar surface area (TPSA) is 367 Å². The first-order valence-electron chi connectivity index (χ1n) is 16.9. The monoisotopic (exact) mass is 995 g/mol. The summed E-state index contributed by atoms with van der Waals surface area (Å²) in [6.07, 6.45) is 7.21. The van der Waals surface area contributed by atoms with Crippen LogP contribution in [-0.4, -0.2) is 35.2 Å². The maximum Gasteiger partial charge on any atom is 2.00 e. The number of aryl methyl sites for hydroxylation is 1. The molecule has 0 saturated carbocycles. The number of hydrogen-bond acceptors (Lipinski definition) is 19. The van der Waals surface area contributed by atoms with E-state index in [1.54, 1.807) is 43.0 Å². The van der Waals surface area contributed by atoms with Gasteiger partial charge in [0, 0.05) is 84.8 Å². The van der Waals surface area contributed by atoms with Crippen molar-refractivity contribution in [2.75, 3.05) is 0 Å². The zero-order chi connectivity index (χ0) is 44.7. The molecule has 0 aliphatic rings. The first-order valence-corrected chi connectivity index (χ1v) is 19.3. The molecule has 0 atom stereocenters. The van der Waals surface area contributed by atoms with Gasteiger partial charge in [0.25, 0.3) is 0 Å². The van der Waals surface area contributed by atoms with Crippen molar-refractivity contribution >= 4 is 0 Å². The molecule has 0 unspecified atom stereocenters. The SMILES string of the molecule is CC#N.CC#N.CC#N.Cc1cc(CN(Cc2ccccn2)Cc2ccccn2)c([O-])c(CN(Cc2ccccn2)Cc2ccccn2)c1.[O-][Cl+3]([O-])([O-])[O-].[O-][Cl+3]([O-])([O-])[O-].[OH-].[Zn+2].[Zn+2]. The Kier molecular flexibility index (Phi) is 38.3. The molecule has 322 valence electrons. The Balaban J connectivity index is -0.000000650. The van der Waals surface area contributed by atoms with E-state index in [4.69, 9.17) is 53.1 Å². The van der Waals surface area contributed by atoms with Crippen LogP contribution in [0.15, 0.2) is 110 Å². The second kappa shape index (κ2) is 37.1. The molecule has 1 aromatic carbocycles. The van der Waals surface area contributed by atoms with Crippen molar-refractivity contribution in [3.63, 3.8) is 0 Å². The smallest absolute Gasteiger partial charge is 0.872 e. The molecule has 0 spiro atoms. The summed E-state index contributed by atoms with van der Waals surface area (Å²) in [6, 6.07) is 32.9. The molecule has 4 heterocycles. The molecule has 0 amide bonds. The fourth-order valence-corrected chi connectivity index (χ4v) is 4.86. The van der Waals surface area contributed by atoms with Crippen LogP contribution in [0.2, 0.25) is 0 Å². The van der Waals surface area contributed by atoms with Gasteiger partial charge in [0.1, 0.15) is 0 Å². The number of hydrogen-bond donors (Lipinski definition) is 0. The molecule has 0 bridgehead atoms. The molecular formula is C39H43Cl2N9O10Zn2. The van der Waals surface area contributed by atoms with Gasteiger partial charge >= 0.3 is 39.0 Å². The van der Waals surface area contributed by atoms with Gasteiger partial charge in [0.2, 0.25) is 0 Å². The summed E-state index contributed by atoms with van der Waals surface area (Å²) in [6.45, 7) is 9.81. The summed E-state index contributed by atoms with van der Waals surface area (Å²) in [4.78, 5) is 22.5. The number of nitrogens with zero attached hydrogens (tertiary/aromatic N) is 9. The minimum Gasteiger partial charge on any atom is -0.872 e. The van der Waals surface area contributed by atoms with Gasteiger partial charge in [-0.25, -0.2) is 37.3 Å². The van der Waals surface area contributed by atoms with Crippen molar-refractivity contribution in [1.82, 2.24) is 29.7 Å². The number of pyridine rings is 4. The molecule has 23 heteroatoms. The molecule has 62 heavy (non-hydrogen) atoms. The van der Waals surface area contributed by atoms with Crippen molar-refractivity contribution in [3.05, 3.63) is 149 Å². The number of aromatic nitrogens is 4. The molecule has 4 aromatic heterocycles. The quantitative estimate of drug-likeness (QED) is 0.112. The normalized spacial score (nSPS) is 9.60. The molecule has 0 aliphatic heterocycles. The van der Waals surface area contributed by atoms with Crippen LogP contribution in [0.4, 0.5) is 0 Å². The first-order chi connectivity index (χ1) is 27.9. The minimum absolute atomic E-state index is 0. The van der Waals surface area contributed by atoms with Crippen molar-refractivity contribution in [2.24, 2.45) is 0 Å². The van der Waals surface area contributed by atoms with Gasteiger partial charge in [-0.3, -0.25) is 29.7 Å². The van der Waals surface area contributed by atoms with Crippen LogP contribution >= 0.6 is 0 Å². The Hall–Kier alpha value is -4.52. The van der Waals surface area contributed by atoms with Crippen LogP contribution < -0.4 is 42.4 Å². The largest absolute Gasteiger partial charge is 2.00 e. The Bertz CT molecular complexity index is 1750. The van der Waals surface area contributed by atoms with E-state index in [0.29, 0.717) is 39.3 Å². The van der Waals surface area contributed by atoms with E-state index in [2.05, 4.69) is 36.7 Å². The number of rotatable bonds is 12. The molecule has 5 aromatic rings. The molecule has 1 N–H and O–H groups in total. The van der Waals surface area contributed by atoms with E-state index in [1.807, 2.05) is 84.9 Å². The van der Waals surface area contributed by atoms with Crippen LogP contribution in [0.1, 0.15) is 60.2 Å². The van der Waals surface area contributed by atoms with Gasteiger partial charge in [0.15, 0.2) is 0 Å². The van der Waals surface area contributed by atoms with E-state index in [-0.39, 0.29) is 50.2 Å². The van der Waals surface area contributed by atoms with Gasteiger partial charge in [-0.05, 0) is 66.6 Å². The van der Waals surface area contributed by atoms with Crippen LogP contribution in [0, 0.1) is 61.4 Å². The van der Waals surface area contributed by atoms with E-state index in [9.17, 15) is 5.11 Å². The maximum absolute atomic E-state index is 13.9. The second-order valence-electron chi connectivity index (χ2n) is 11.4. The number of benzene rings is 1. The van der Waals surface area contributed by atoms with Gasteiger partial charge in [-0.2, -0.15) is 15.8 Å². The van der Waals surface area contributed by atoms with Crippen molar-refractivity contribution in [3.8, 4) is 24.0 Å². The van der Waals surface area contributed by atoms with Gasteiger partial charge in [-0.15, -0.1) is 20.5 Å². The summed E-state index contributed by atoms with van der Waals surface area (Å²) in [5.74, 6) is 0.0738. The molecular weight excluding hydrogens is 956 g/mol. The standard InChI is InChI=1S/C33H34N6O.3C2H3N.2ClHO4.H2O.2Zn/c1-26-18-27(20-38(22-29-10-2-6-14-34-29)23-30-11-3-7-15-35-30)33(40)28(19-26)21-39(24-31-12-4-8-16-36-31)25-32-13-5-9-17-37-32;3*1-2-3;2*2-1(3,4)5;;;/h2-19,40H,20-25H2,1H3;3*1H3;2*(H,2,3,4,5);1H2;;/q;;;;;;;2*+2/p-4. The van der Waals surface area contributed by atoms with Gasteiger partial charge in [0.05, 0.1) is 41.0 Å². The van der Waals surface area contributed by atoms with Crippen molar-refractivity contribution < 1.29 is 107 Å². The molecule has 0 radical (unpaired) electrons. The van der Waals surface area contributed by atoms with Crippen LogP contribution in [0.3, 0.4) is 0 Å². The maximum atomic E-state index is 13.9. The third-order valence-electron chi connectivity index (χ3n) is 6.62. The average molecular weight is 1000 g/mol. The Morgan fingerprint density at radius 2 is 0.694 bits per heavy atom. The molecule has 0 aliphatic carbocycles. The van der Waals surface area contributed by atoms with E-state index < -0.39 is 20.5 Å². The Morgan fingerprint density at radius 3 is 0.871 bits per heavy atom. The summed E-state index contributed by atoms with van der Waals surface area (Å²) in [7, 11) is -9.89. The van der Waals surface area contributed by atoms with E-state index >= 15 is 0 Å². The fraction of sp³-hybridized carbons (Fsp3) is 0.256. The van der Waals surface area contributed by atoms with Crippen molar-refractivity contribution in [1.29, 1.82) is 15.8 Å². The summed E-state index contributed by atoms with van der Waals surface area (Å²) in [5, 5.41) is 35.8. The molecule has 19 nitrogen and oxygen atoms in total. The Labute approximate surface area is 390 Å². The van der Waals surface area contributed by atoms with Gasteiger partial charge in [-0.1, -0.05) is 47.7 Å². The molecule has 0 saturated heterocycles. The third-order valence-corrected chi connectivity index (χ3v) is 6.62. The number of halogens is 2.